The van der Waals surface area contributed by atoms with Gasteiger partial charge < -0.3 is 4.74 Å². The van der Waals surface area contributed by atoms with E-state index in [0.717, 1.165) is 0 Å². The number of hydrogen-bond acceptors (Lipinski definition) is 6. The second-order valence-electron chi connectivity index (χ2n) is 3.70. The Bertz CT molecular complexity index is 565. The van der Waals surface area contributed by atoms with Crippen molar-refractivity contribution in [1.82, 2.24) is 14.5 Å². The quantitative estimate of drug-likeness (QED) is 0.481. The summed E-state index contributed by atoms with van der Waals surface area (Å²) >= 11 is 4.02. The van der Waals surface area contributed by atoms with E-state index >= 15 is 0 Å². The highest BCUT2D eigenvalue weighted by Crippen LogP contribution is 2.06. The average Bonchev–Trinajstić information content (AvgIpc) is 2.12. The summed E-state index contributed by atoms with van der Waals surface area (Å²) in [7, 11) is 0. The second-order valence-corrected chi connectivity index (χ2v) is 4.58. The summed E-state index contributed by atoms with van der Waals surface area (Å²) in [5.74, 6) is -0.595. The number of carbonyl (C=O) groups is 1. The van der Waals surface area contributed by atoms with E-state index in [1.807, 2.05) is 9.97 Å². The lowest BCUT2D eigenvalue weighted by Crippen LogP contribution is -2.45. The van der Waals surface area contributed by atoms with Crippen LogP contribution in [0.25, 0.3) is 0 Å². The topological polar surface area (TPSA) is 114 Å². The SMILES string of the molecule is CC(S)CC(=O)OC(C)n1c(=O)[nH]c(=O)[nH]c1=O. The molecule has 0 saturated heterocycles. The predicted molar refractivity (Wildman–Crippen MR) is 65.8 cm³/mol. The molecule has 8 nitrogen and oxygen atoms in total. The fourth-order valence-electron chi connectivity index (χ4n) is 1.30. The Balaban J connectivity index is 2.95. The van der Waals surface area contributed by atoms with E-state index in [4.69, 9.17) is 4.74 Å². The number of H-pyrrole nitrogens is 2. The van der Waals surface area contributed by atoms with Crippen LogP contribution >= 0.6 is 12.6 Å². The minimum atomic E-state index is -1.11. The number of esters is 1. The maximum absolute atomic E-state index is 11.4. The van der Waals surface area contributed by atoms with E-state index in [1.165, 1.54) is 6.92 Å². The molecule has 0 aliphatic rings. The molecule has 2 atom stereocenters. The number of aromatic amines is 2. The van der Waals surface area contributed by atoms with E-state index < -0.39 is 29.3 Å². The Hall–Kier alpha value is -1.77. The maximum Gasteiger partial charge on any atom is 0.336 e. The van der Waals surface area contributed by atoms with Crippen LogP contribution in [0.5, 0.6) is 0 Å². The number of thiol groups is 1. The minimum absolute atomic E-state index is 0.0451. The van der Waals surface area contributed by atoms with Crippen molar-refractivity contribution in [1.29, 1.82) is 0 Å². The summed E-state index contributed by atoms with van der Waals surface area (Å²) in [6.07, 6.45) is -1.07. The van der Waals surface area contributed by atoms with Crippen LogP contribution in [0, 0.1) is 0 Å². The molecule has 2 unspecified atom stereocenters. The highest BCUT2D eigenvalue weighted by molar-refractivity contribution is 7.80. The van der Waals surface area contributed by atoms with Gasteiger partial charge in [0, 0.05) is 5.25 Å². The van der Waals surface area contributed by atoms with Gasteiger partial charge in [-0.1, -0.05) is 6.92 Å². The molecule has 0 aromatic carbocycles. The summed E-state index contributed by atoms with van der Waals surface area (Å²) in [5.41, 5.74) is -2.80. The molecule has 1 aromatic heterocycles. The van der Waals surface area contributed by atoms with Gasteiger partial charge in [0.05, 0.1) is 6.42 Å². The van der Waals surface area contributed by atoms with Gasteiger partial charge in [-0.3, -0.25) is 14.8 Å². The molecule has 0 aliphatic carbocycles. The van der Waals surface area contributed by atoms with E-state index in [9.17, 15) is 19.2 Å². The molecule has 1 rings (SSSR count). The number of carbonyl (C=O) groups excluding carboxylic acids is 1. The van der Waals surface area contributed by atoms with Crippen molar-refractivity contribution in [2.45, 2.75) is 31.7 Å². The molecule has 0 aliphatic heterocycles. The van der Waals surface area contributed by atoms with Gasteiger partial charge in [0.2, 0.25) is 0 Å². The van der Waals surface area contributed by atoms with E-state index in [1.54, 1.807) is 6.92 Å². The molecule has 0 bridgehead atoms. The molecule has 2 N–H and O–H groups in total. The third-order valence-electron chi connectivity index (χ3n) is 2.01. The maximum atomic E-state index is 11.4. The number of ether oxygens (including phenoxy) is 1. The standard InChI is InChI=1S/C9H13N3O5S/c1-4(18)3-6(13)17-5(2)12-8(15)10-7(14)11-9(12)16/h4-5,18H,3H2,1-2H3,(H2,10,11,14,15,16). The van der Waals surface area contributed by atoms with Crippen LogP contribution in [0.3, 0.4) is 0 Å². The molecule has 1 aromatic rings. The largest absolute Gasteiger partial charge is 0.441 e. The third kappa shape index (κ3) is 3.62. The summed E-state index contributed by atoms with van der Waals surface area (Å²) < 4.78 is 5.48. The Morgan fingerprint density at radius 3 is 2.22 bits per heavy atom. The van der Waals surface area contributed by atoms with Crippen LogP contribution in [-0.4, -0.2) is 25.8 Å². The van der Waals surface area contributed by atoms with E-state index in [0.29, 0.717) is 4.57 Å². The molecular formula is C9H13N3O5S. The number of aromatic nitrogens is 3. The fourth-order valence-corrected chi connectivity index (χ4v) is 1.45. The highest BCUT2D eigenvalue weighted by atomic mass is 32.1. The van der Waals surface area contributed by atoms with Gasteiger partial charge in [0.1, 0.15) is 0 Å². The molecule has 100 valence electrons. The van der Waals surface area contributed by atoms with Gasteiger partial charge in [0.25, 0.3) is 0 Å². The Morgan fingerprint density at radius 1 is 1.28 bits per heavy atom. The lowest BCUT2D eigenvalue weighted by molar-refractivity contribution is -0.152. The lowest BCUT2D eigenvalue weighted by Gasteiger charge is -2.14. The second kappa shape index (κ2) is 5.71. The average molecular weight is 275 g/mol. The molecule has 9 heteroatoms. The predicted octanol–water partition coefficient (Wildman–Crippen LogP) is -1.01. The van der Waals surface area contributed by atoms with Gasteiger partial charge in [-0.15, -0.1) is 0 Å². The Kier molecular flexibility index (Phi) is 4.54. The summed E-state index contributed by atoms with van der Waals surface area (Å²) in [6, 6.07) is 0. The van der Waals surface area contributed by atoms with Crippen LogP contribution < -0.4 is 17.1 Å². The summed E-state index contributed by atoms with van der Waals surface area (Å²) in [5, 5.41) is -0.199. The molecular weight excluding hydrogens is 262 g/mol. The first kappa shape index (κ1) is 14.3. The molecule has 0 saturated carbocycles. The first-order valence-electron chi connectivity index (χ1n) is 5.14. The number of rotatable bonds is 4. The van der Waals surface area contributed by atoms with Crippen molar-refractivity contribution in [2.75, 3.05) is 0 Å². The van der Waals surface area contributed by atoms with Gasteiger partial charge in [0.15, 0.2) is 6.23 Å². The van der Waals surface area contributed by atoms with Gasteiger partial charge >= 0.3 is 23.0 Å². The van der Waals surface area contributed by atoms with E-state index in [2.05, 4.69) is 12.6 Å². The number of hydrogen-bond donors (Lipinski definition) is 3. The zero-order valence-corrected chi connectivity index (χ0v) is 10.7. The zero-order valence-electron chi connectivity index (χ0n) is 9.80. The molecule has 0 fully saturated rings. The highest BCUT2D eigenvalue weighted by Gasteiger charge is 2.16. The Labute approximate surface area is 106 Å². The van der Waals surface area contributed by atoms with Crippen LogP contribution in [0.1, 0.15) is 26.5 Å². The first-order chi connectivity index (χ1) is 8.31. The number of nitrogens with one attached hydrogen (secondary N) is 2. The molecule has 0 radical (unpaired) electrons. The van der Waals surface area contributed by atoms with Gasteiger partial charge in [-0.2, -0.15) is 12.6 Å². The summed E-state index contributed by atoms with van der Waals surface area (Å²) in [4.78, 5) is 48.7. The van der Waals surface area contributed by atoms with Crippen LogP contribution in [0.2, 0.25) is 0 Å². The van der Waals surface area contributed by atoms with Gasteiger partial charge in [-0.05, 0) is 6.92 Å². The first-order valence-corrected chi connectivity index (χ1v) is 5.65. The van der Waals surface area contributed by atoms with Crippen molar-refractivity contribution < 1.29 is 9.53 Å². The lowest BCUT2D eigenvalue weighted by atomic mass is 10.3. The van der Waals surface area contributed by atoms with Crippen molar-refractivity contribution in [3.8, 4) is 0 Å². The van der Waals surface area contributed by atoms with Crippen molar-refractivity contribution >= 4 is 18.6 Å². The minimum Gasteiger partial charge on any atom is -0.441 e. The smallest absolute Gasteiger partial charge is 0.336 e. The van der Waals surface area contributed by atoms with E-state index in [-0.39, 0.29) is 11.7 Å². The van der Waals surface area contributed by atoms with Crippen molar-refractivity contribution in [3.05, 3.63) is 31.5 Å². The fraction of sp³-hybridized carbons (Fsp3) is 0.556. The zero-order chi connectivity index (χ0) is 13.9. The number of nitrogens with zero attached hydrogens (tertiary/aromatic N) is 1. The van der Waals surface area contributed by atoms with Crippen LogP contribution in [0.15, 0.2) is 14.4 Å². The molecule has 0 amide bonds. The van der Waals surface area contributed by atoms with Gasteiger partial charge in [-0.25, -0.2) is 19.0 Å². The Morgan fingerprint density at radius 2 is 1.78 bits per heavy atom. The van der Waals surface area contributed by atoms with Crippen molar-refractivity contribution in [2.24, 2.45) is 0 Å². The molecule has 18 heavy (non-hydrogen) atoms. The summed E-state index contributed by atoms with van der Waals surface area (Å²) in [6.45, 7) is 3.05. The molecule has 1 heterocycles. The van der Waals surface area contributed by atoms with Crippen molar-refractivity contribution in [3.63, 3.8) is 0 Å². The normalized spacial score (nSPS) is 13.9. The monoisotopic (exact) mass is 275 g/mol. The molecule has 0 spiro atoms. The van der Waals surface area contributed by atoms with Crippen LogP contribution in [0.4, 0.5) is 0 Å². The third-order valence-corrected chi connectivity index (χ3v) is 2.19. The van der Waals surface area contributed by atoms with Crippen LogP contribution in [-0.2, 0) is 9.53 Å².